The van der Waals surface area contributed by atoms with Crippen LogP contribution in [0.25, 0.3) is 0 Å². The molecule has 5 heteroatoms. The number of esters is 1. The molecule has 5 nitrogen and oxygen atoms in total. The summed E-state index contributed by atoms with van der Waals surface area (Å²) in [5, 5.41) is 0. The van der Waals surface area contributed by atoms with Crippen molar-refractivity contribution in [2.45, 2.75) is 84.5 Å². The second-order valence-electron chi connectivity index (χ2n) is 7.58. The molecular formula is C27H40O5. The Kier molecular flexibility index (Phi) is 16.4. The van der Waals surface area contributed by atoms with Crippen molar-refractivity contribution in [3.05, 3.63) is 54.3 Å². The van der Waals surface area contributed by atoms with Crippen LogP contribution >= 0.6 is 0 Å². The molecule has 1 rings (SSSR count). The summed E-state index contributed by atoms with van der Waals surface area (Å²) in [6.07, 6.45) is 24.4. The average molecular weight is 445 g/mol. The maximum Gasteiger partial charge on any atom is 0.313 e. The van der Waals surface area contributed by atoms with Gasteiger partial charge in [0.15, 0.2) is 5.76 Å². The fourth-order valence-electron chi connectivity index (χ4n) is 3.05. The Labute approximate surface area is 193 Å². The molecule has 0 aromatic carbocycles. The predicted molar refractivity (Wildman–Crippen MR) is 129 cm³/mol. The average Bonchev–Trinajstić information content (AvgIpc) is 3.25. The Morgan fingerprint density at radius 1 is 0.844 bits per heavy atom. The van der Waals surface area contributed by atoms with E-state index in [1.807, 2.05) is 0 Å². The first kappa shape index (κ1) is 27.5. The number of ether oxygens (including phenoxy) is 2. The fourth-order valence-corrected chi connectivity index (χ4v) is 3.05. The van der Waals surface area contributed by atoms with Crippen LogP contribution in [-0.4, -0.2) is 25.0 Å². The minimum atomic E-state index is -0.546. The minimum Gasteiger partial charge on any atom is -0.466 e. The van der Waals surface area contributed by atoms with Gasteiger partial charge < -0.3 is 13.9 Å². The van der Waals surface area contributed by atoms with Gasteiger partial charge in [-0.05, 0) is 51.5 Å². The number of hydrogen-bond acceptors (Lipinski definition) is 5. The van der Waals surface area contributed by atoms with Gasteiger partial charge in [0.05, 0.1) is 13.2 Å². The molecule has 0 fully saturated rings. The molecule has 0 spiro atoms. The number of carbonyl (C=O) groups excluding carboxylic acids is 2. The molecule has 0 saturated heterocycles. The second-order valence-corrected chi connectivity index (χ2v) is 7.58. The number of unbranched alkanes of at least 4 members (excludes halogenated alkanes) is 6. The Hall–Kier alpha value is -2.56. The van der Waals surface area contributed by atoms with Crippen LogP contribution in [0.15, 0.2) is 53.0 Å². The zero-order valence-corrected chi connectivity index (χ0v) is 19.9. The zero-order chi connectivity index (χ0) is 23.3. The number of ketones is 1. The van der Waals surface area contributed by atoms with Crippen molar-refractivity contribution in [1.82, 2.24) is 0 Å². The molecule has 178 valence electrons. The summed E-state index contributed by atoms with van der Waals surface area (Å²) in [5.41, 5.74) is 0. The normalized spacial score (nSPS) is 11.7. The van der Waals surface area contributed by atoms with Crippen molar-refractivity contribution in [1.29, 1.82) is 0 Å². The molecule has 1 heterocycles. The van der Waals surface area contributed by atoms with Gasteiger partial charge in [-0.2, -0.15) is 0 Å². The lowest BCUT2D eigenvalue weighted by Gasteiger charge is -2.03. The Balaban J connectivity index is 1.97. The molecule has 0 radical (unpaired) electrons. The van der Waals surface area contributed by atoms with Gasteiger partial charge in [0.1, 0.15) is 6.42 Å². The summed E-state index contributed by atoms with van der Waals surface area (Å²) in [4.78, 5) is 23.3. The smallest absolute Gasteiger partial charge is 0.313 e. The van der Waals surface area contributed by atoms with Gasteiger partial charge in [0, 0.05) is 6.07 Å². The van der Waals surface area contributed by atoms with Crippen molar-refractivity contribution in [3.8, 4) is 5.95 Å². The molecule has 0 aliphatic rings. The number of allylic oxidation sites excluding steroid dienone is 6. The van der Waals surface area contributed by atoms with Gasteiger partial charge in [0.25, 0.3) is 5.95 Å². The third kappa shape index (κ3) is 14.4. The summed E-state index contributed by atoms with van der Waals surface area (Å²) in [7, 11) is 0. The molecule has 0 amide bonds. The lowest BCUT2D eigenvalue weighted by Crippen LogP contribution is -2.10. The van der Waals surface area contributed by atoms with E-state index in [1.165, 1.54) is 31.7 Å². The van der Waals surface area contributed by atoms with Crippen molar-refractivity contribution < 1.29 is 23.5 Å². The van der Waals surface area contributed by atoms with Gasteiger partial charge in [-0.3, -0.25) is 9.59 Å². The first-order chi connectivity index (χ1) is 15.7. The van der Waals surface area contributed by atoms with E-state index in [0.717, 1.165) is 38.5 Å². The number of Topliss-reactive ketones (excluding diaryl/α,β-unsaturated/α-hetero) is 1. The Bertz CT molecular complexity index is 711. The van der Waals surface area contributed by atoms with Crippen molar-refractivity contribution >= 4 is 11.8 Å². The Morgan fingerprint density at radius 2 is 1.50 bits per heavy atom. The van der Waals surface area contributed by atoms with Gasteiger partial charge >= 0.3 is 5.97 Å². The second kappa shape index (κ2) is 19.1. The molecule has 0 N–H and O–H groups in total. The molecule has 0 saturated carbocycles. The molecule has 0 atom stereocenters. The predicted octanol–water partition coefficient (Wildman–Crippen LogP) is 7.38. The van der Waals surface area contributed by atoms with E-state index in [1.54, 1.807) is 13.0 Å². The third-order valence-corrected chi connectivity index (χ3v) is 4.76. The van der Waals surface area contributed by atoms with Gasteiger partial charge in [-0.1, -0.05) is 69.1 Å². The first-order valence-corrected chi connectivity index (χ1v) is 12.0. The molecule has 0 aliphatic carbocycles. The van der Waals surface area contributed by atoms with E-state index in [-0.39, 0.29) is 18.8 Å². The highest BCUT2D eigenvalue weighted by Gasteiger charge is 2.16. The highest BCUT2D eigenvalue weighted by Crippen LogP contribution is 2.18. The number of hydrogen-bond donors (Lipinski definition) is 0. The quantitative estimate of drug-likeness (QED) is 0.0732. The molecule has 1 aromatic heterocycles. The highest BCUT2D eigenvalue weighted by atomic mass is 16.6. The third-order valence-electron chi connectivity index (χ3n) is 4.76. The number of carbonyl (C=O) groups is 2. The van der Waals surface area contributed by atoms with Crippen LogP contribution in [0.4, 0.5) is 0 Å². The number of furan rings is 1. The topological polar surface area (TPSA) is 65.7 Å². The van der Waals surface area contributed by atoms with Gasteiger partial charge in [-0.15, -0.1) is 0 Å². The van der Waals surface area contributed by atoms with E-state index in [0.29, 0.717) is 12.6 Å². The largest absolute Gasteiger partial charge is 0.466 e. The molecular weight excluding hydrogens is 404 g/mol. The summed E-state index contributed by atoms with van der Waals surface area (Å²) in [6.45, 7) is 4.67. The van der Waals surface area contributed by atoms with Crippen LogP contribution in [0.3, 0.4) is 0 Å². The van der Waals surface area contributed by atoms with Crippen LogP contribution in [0.1, 0.15) is 95.0 Å². The molecule has 0 bridgehead atoms. The van der Waals surface area contributed by atoms with Crippen LogP contribution in [-0.2, 0) is 9.53 Å². The molecule has 32 heavy (non-hydrogen) atoms. The van der Waals surface area contributed by atoms with Crippen molar-refractivity contribution in [2.75, 3.05) is 13.2 Å². The first-order valence-electron chi connectivity index (χ1n) is 12.0. The summed E-state index contributed by atoms with van der Waals surface area (Å²) >= 11 is 0. The van der Waals surface area contributed by atoms with Crippen LogP contribution in [0.2, 0.25) is 0 Å². The van der Waals surface area contributed by atoms with E-state index in [4.69, 9.17) is 13.9 Å². The van der Waals surface area contributed by atoms with Crippen LogP contribution in [0.5, 0.6) is 5.95 Å². The van der Waals surface area contributed by atoms with E-state index in [2.05, 4.69) is 43.4 Å². The standard InChI is InChI=1S/C27H40O5/c1-3-5-6-7-8-9-10-11-12-13-14-15-16-17-18-19-22-31-27-21-20-25(32-27)24(28)23-26(29)30-4-2/h5-6,8-9,11-12,20-21H,3-4,7,10,13-19,22-23H2,1-2H3. The van der Waals surface area contributed by atoms with Crippen molar-refractivity contribution in [3.63, 3.8) is 0 Å². The lowest BCUT2D eigenvalue weighted by molar-refractivity contribution is -0.142. The van der Waals surface area contributed by atoms with E-state index >= 15 is 0 Å². The highest BCUT2D eigenvalue weighted by molar-refractivity contribution is 6.04. The van der Waals surface area contributed by atoms with Crippen molar-refractivity contribution in [2.24, 2.45) is 0 Å². The van der Waals surface area contributed by atoms with E-state index < -0.39 is 11.8 Å². The molecule has 1 aromatic rings. The summed E-state index contributed by atoms with van der Waals surface area (Å²) in [6, 6.07) is 3.15. The zero-order valence-electron chi connectivity index (χ0n) is 19.9. The minimum absolute atomic E-state index is 0.127. The van der Waals surface area contributed by atoms with E-state index in [9.17, 15) is 9.59 Å². The maximum atomic E-state index is 11.9. The van der Waals surface area contributed by atoms with Crippen LogP contribution < -0.4 is 4.74 Å². The Morgan fingerprint density at radius 3 is 2.22 bits per heavy atom. The molecule has 0 unspecified atom stereocenters. The molecule has 0 aliphatic heterocycles. The summed E-state index contributed by atoms with van der Waals surface area (Å²) in [5.74, 6) is -0.501. The number of rotatable bonds is 19. The lowest BCUT2D eigenvalue weighted by atomic mass is 10.1. The summed E-state index contributed by atoms with van der Waals surface area (Å²) < 4.78 is 15.7. The SMILES string of the molecule is CCC=CCC=CCC=CCCCCCCCCOc1ccc(C(=O)CC(=O)OCC)o1. The monoisotopic (exact) mass is 444 g/mol. The fraction of sp³-hybridized carbons (Fsp3) is 0.556. The van der Waals surface area contributed by atoms with Gasteiger partial charge in [0.2, 0.25) is 5.78 Å². The maximum absolute atomic E-state index is 11.9. The van der Waals surface area contributed by atoms with Gasteiger partial charge in [-0.25, -0.2) is 0 Å². The van der Waals surface area contributed by atoms with Crippen LogP contribution in [0, 0.1) is 0 Å².